The molecule has 0 aliphatic carbocycles. The lowest BCUT2D eigenvalue weighted by atomic mass is 10.2. The van der Waals surface area contributed by atoms with Gasteiger partial charge >= 0.3 is 0 Å². The fourth-order valence-corrected chi connectivity index (χ4v) is 2.01. The summed E-state index contributed by atoms with van der Waals surface area (Å²) in [7, 11) is 0. The van der Waals surface area contributed by atoms with Crippen LogP contribution in [-0.4, -0.2) is 22.5 Å². The maximum absolute atomic E-state index is 12.8. The van der Waals surface area contributed by atoms with Gasteiger partial charge in [0.05, 0.1) is 0 Å². The van der Waals surface area contributed by atoms with Gasteiger partial charge in [-0.3, -0.25) is 9.69 Å². The molecule has 0 aromatic heterocycles. The van der Waals surface area contributed by atoms with Gasteiger partial charge in [-0.2, -0.15) is 0 Å². The third-order valence-electron chi connectivity index (χ3n) is 2.59. The molecule has 1 aliphatic heterocycles. The van der Waals surface area contributed by atoms with E-state index in [9.17, 15) is 9.18 Å². The molecule has 1 amide bonds. The van der Waals surface area contributed by atoms with Crippen LogP contribution in [-0.2, 0) is 4.79 Å². The molecule has 1 heterocycles. The molecule has 0 spiro atoms. The summed E-state index contributed by atoms with van der Waals surface area (Å²) in [6.45, 7) is 2.59. The van der Waals surface area contributed by atoms with Crippen molar-refractivity contribution < 1.29 is 9.18 Å². The lowest BCUT2D eigenvalue weighted by Crippen LogP contribution is -2.31. The summed E-state index contributed by atoms with van der Waals surface area (Å²) in [6.07, 6.45) is 2.52. The number of nitrogens with zero attached hydrogens (tertiary/aromatic N) is 1. The molecule has 94 valence electrons. The number of carbonyl (C=O) groups is 1. The molecule has 1 fully saturated rings. The van der Waals surface area contributed by atoms with Crippen LogP contribution in [0.4, 0.5) is 4.39 Å². The molecule has 0 bridgehead atoms. The normalized spacial score (nSPS) is 17.4. The van der Waals surface area contributed by atoms with Gasteiger partial charge in [0.1, 0.15) is 11.5 Å². The standard InChI is InChI=1S/C13H13FN2OS/c1-2-7-16-12(17)11(15-13(16)18)8-9-3-5-10(14)6-4-9/h3-6,8H,2,7H2,1H3,(H,15,18). The lowest BCUT2D eigenvalue weighted by molar-refractivity contribution is -0.122. The molecule has 0 atom stereocenters. The minimum Gasteiger partial charge on any atom is -0.328 e. The Kier molecular flexibility index (Phi) is 3.72. The average molecular weight is 264 g/mol. The Bertz CT molecular complexity index is 510. The maximum Gasteiger partial charge on any atom is 0.276 e. The number of nitrogens with one attached hydrogen (secondary N) is 1. The van der Waals surface area contributed by atoms with Crippen LogP contribution in [0.2, 0.25) is 0 Å². The van der Waals surface area contributed by atoms with Crippen molar-refractivity contribution in [2.24, 2.45) is 0 Å². The largest absolute Gasteiger partial charge is 0.328 e. The van der Waals surface area contributed by atoms with E-state index >= 15 is 0 Å². The van der Waals surface area contributed by atoms with Gasteiger partial charge in [0, 0.05) is 6.54 Å². The molecule has 5 heteroatoms. The zero-order valence-corrected chi connectivity index (χ0v) is 10.8. The number of thiocarbonyl (C=S) groups is 1. The van der Waals surface area contributed by atoms with Crippen LogP contribution < -0.4 is 5.32 Å². The number of carbonyl (C=O) groups excluding carboxylic acids is 1. The molecule has 0 saturated carbocycles. The summed E-state index contributed by atoms with van der Waals surface area (Å²) in [6, 6.07) is 5.94. The number of rotatable bonds is 3. The average Bonchev–Trinajstić information content (AvgIpc) is 2.60. The van der Waals surface area contributed by atoms with E-state index in [0.717, 1.165) is 12.0 Å². The predicted molar refractivity (Wildman–Crippen MR) is 72.1 cm³/mol. The second-order valence-electron chi connectivity index (χ2n) is 4.00. The van der Waals surface area contributed by atoms with Crippen molar-refractivity contribution >= 4 is 29.3 Å². The summed E-state index contributed by atoms with van der Waals surface area (Å²) >= 11 is 5.09. The van der Waals surface area contributed by atoms with Crippen molar-refractivity contribution in [3.05, 3.63) is 41.3 Å². The van der Waals surface area contributed by atoms with Crippen LogP contribution in [0.15, 0.2) is 30.0 Å². The van der Waals surface area contributed by atoms with Gasteiger partial charge in [-0.1, -0.05) is 19.1 Å². The van der Waals surface area contributed by atoms with E-state index in [1.807, 2.05) is 6.92 Å². The first-order valence-electron chi connectivity index (χ1n) is 5.72. The van der Waals surface area contributed by atoms with Gasteiger partial charge in [-0.15, -0.1) is 0 Å². The van der Waals surface area contributed by atoms with E-state index in [1.54, 1.807) is 18.2 Å². The van der Waals surface area contributed by atoms with E-state index in [2.05, 4.69) is 5.32 Å². The number of hydrogen-bond donors (Lipinski definition) is 1. The minimum absolute atomic E-state index is 0.133. The van der Waals surface area contributed by atoms with Gasteiger partial charge in [-0.25, -0.2) is 4.39 Å². The Morgan fingerprint density at radius 2 is 2.06 bits per heavy atom. The van der Waals surface area contributed by atoms with Crippen molar-refractivity contribution in [1.29, 1.82) is 0 Å². The topological polar surface area (TPSA) is 32.3 Å². The Labute approximate surface area is 110 Å². The molecule has 18 heavy (non-hydrogen) atoms. The van der Waals surface area contributed by atoms with Gasteiger partial charge < -0.3 is 5.32 Å². The third-order valence-corrected chi connectivity index (χ3v) is 2.91. The van der Waals surface area contributed by atoms with Crippen molar-refractivity contribution in [1.82, 2.24) is 10.2 Å². The number of halogens is 1. The molecule has 0 radical (unpaired) electrons. The second-order valence-corrected chi connectivity index (χ2v) is 4.38. The Morgan fingerprint density at radius 1 is 1.39 bits per heavy atom. The molecular formula is C13H13FN2OS. The van der Waals surface area contributed by atoms with Gasteiger partial charge in [0.15, 0.2) is 5.11 Å². The first-order valence-corrected chi connectivity index (χ1v) is 6.12. The number of amides is 1. The monoisotopic (exact) mass is 264 g/mol. The summed E-state index contributed by atoms with van der Waals surface area (Å²) < 4.78 is 12.8. The van der Waals surface area contributed by atoms with Crippen LogP contribution in [0.25, 0.3) is 6.08 Å². The van der Waals surface area contributed by atoms with Gasteiger partial charge in [0.2, 0.25) is 0 Å². The highest BCUT2D eigenvalue weighted by molar-refractivity contribution is 7.80. The zero-order chi connectivity index (χ0) is 13.1. The van der Waals surface area contributed by atoms with Crippen LogP contribution in [0.1, 0.15) is 18.9 Å². The maximum atomic E-state index is 12.8. The minimum atomic E-state index is -0.300. The summed E-state index contributed by atoms with van der Waals surface area (Å²) in [5, 5.41) is 3.30. The molecule has 1 saturated heterocycles. The van der Waals surface area contributed by atoms with Crippen LogP contribution >= 0.6 is 12.2 Å². The molecule has 1 N–H and O–H groups in total. The van der Waals surface area contributed by atoms with Crippen LogP contribution in [0.5, 0.6) is 0 Å². The SMILES string of the molecule is CCCN1C(=O)C(=Cc2ccc(F)cc2)NC1=S. The molecule has 2 rings (SSSR count). The summed E-state index contributed by atoms with van der Waals surface area (Å²) in [5.41, 5.74) is 1.19. The molecule has 1 aromatic carbocycles. The first-order chi connectivity index (χ1) is 8.61. The summed E-state index contributed by atoms with van der Waals surface area (Å²) in [5.74, 6) is -0.433. The molecule has 1 aliphatic rings. The summed E-state index contributed by atoms with van der Waals surface area (Å²) in [4.78, 5) is 13.5. The lowest BCUT2D eigenvalue weighted by Gasteiger charge is -2.11. The predicted octanol–water partition coefficient (Wildman–Crippen LogP) is 2.29. The van der Waals surface area contributed by atoms with E-state index in [4.69, 9.17) is 12.2 Å². The smallest absolute Gasteiger partial charge is 0.276 e. The van der Waals surface area contributed by atoms with Gasteiger partial charge in [-0.05, 0) is 42.4 Å². The quantitative estimate of drug-likeness (QED) is 0.671. The highest BCUT2D eigenvalue weighted by Crippen LogP contribution is 2.14. The van der Waals surface area contributed by atoms with E-state index < -0.39 is 0 Å². The van der Waals surface area contributed by atoms with E-state index in [-0.39, 0.29) is 11.7 Å². The first kappa shape index (κ1) is 12.7. The van der Waals surface area contributed by atoms with Crippen molar-refractivity contribution in [2.45, 2.75) is 13.3 Å². The molecule has 1 aromatic rings. The fourth-order valence-electron chi connectivity index (χ4n) is 1.72. The number of hydrogen-bond acceptors (Lipinski definition) is 2. The van der Waals surface area contributed by atoms with Crippen molar-refractivity contribution in [3.8, 4) is 0 Å². The highest BCUT2D eigenvalue weighted by Gasteiger charge is 2.29. The Balaban J connectivity index is 2.22. The van der Waals surface area contributed by atoms with Crippen LogP contribution in [0, 0.1) is 5.82 Å². The van der Waals surface area contributed by atoms with Crippen molar-refractivity contribution in [2.75, 3.05) is 6.54 Å². The Hall–Kier alpha value is -1.75. The second kappa shape index (κ2) is 5.27. The molecule has 3 nitrogen and oxygen atoms in total. The zero-order valence-electron chi connectivity index (χ0n) is 9.94. The van der Waals surface area contributed by atoms with Crippen molar-refractivity contribution in [3.63, 3.8) is 0 Å². The van der Waals surface area contributed by atoms with E-state index in [0.29, 0.717) is 17.4 Å². The Morgan fingerprint density at radius 3 is 2.67 bits per heavy atom. The van der Waals surface area contributed by atoms with Gasteiger partial charge in [0.25, 0.3) is 5.91 Å². The highest BCUT2D eigenvalue weighted by atomic mass is 32.1. The molecule has 0 unspecified atom stereocenters. The third kappa shape index (κ3) is 2.56. The van der Waals surface area contributed by atoms with E-state index in [1.165, 1.54) is 17.0 Å². The number of benzene rings is 1. The van der Waals surface area contributed by atoms with Crippen LogP contribution in [0.3, 0.4) is 0 Å². The fraction of sp³-hybridized carbons (Fsp3) is 0.231. The molecular weight excluding hydrogens is 251 g/mol.